The molecule has 26 heavy (non-hydrogen) atoms. The molecule has 0 spiro atoms. The summed E-state index contributed by atoms with van der Waals surface area (Å²) in [5, 5.41) is 5.60. The molecule has 5 nitrogen and oxygen atoms in total. The van der Waals surface area contributed by atoms with Crippen molar-refractivity contribution in [2.45, 2.75) is 6.18 Å². The van der Waals surface area contributed by atoms with Crippen LogP contribution in [0.15, 0.2) is 48.5 Å². The van der Waals surface area contributed by atoms with Crippen LogP contribution in [-0.4, -0.2) is 9.97 Å². The first-order valence-corrected chi connectivity index (χ1v) is 7.33. The van der Waals surface area contributed by atoms with Crippen LogP contribution in [0.2, 0.25) is 0 Å². The SMILES string of the molecule is Nc1c(F)cccc1Nc1c[c]nc(Nc2ccc(C(F)(F)F)cc2)n1. The van der Waals surface area contributed by atoms with E-state index < -0.39 is 17.6 Å². The van der Waals surface area contributed by atoms with Gasteiger partial charge in [-0.15, -0.1) is 0 Å². The van der Waals surface area contributed by atoms with Gasteiger partial charge in [-0.3, -0.25) is 0 Å². The fourth-order valence-electron chi connectivity index (χ4n) is 2.10. The van der Waals surface area contributed by atoms with Crippen molar-refractivity contribution in [3.63, 3.8) is 0 Å². The van der Waals surface area contributed by atoms with Crippen LogP contribution in [0.5, 0.6) is 0 Å². The Balaban J connectivity index is 1.76. The van der Waals surface area contributed by atoms with E-state index in [1.54, 1.807) is 6.07 Å². The summed E-state index contributed by atoms with van der Waals surface area (Å²) < 4.78 is 51.2. The molecule has 0 aliphatic rings. The predicted molar refractivity (Wildman–Crippen MR) is 89.7 cm³/mol. The van der Waals surface area contributed by atoms with Gasteiger partial charge in [0.25, 0.3) is 0 Å². The number of nitrogens with zero attached hydrogens (tertiary/aromatic N) is 2. The van der Waals surface area contributed by atoms with Crippen LogP contribution < -0.4 is 16.4 Å². The minimum atomic E-state index is -4.41. The van der Waals surface area contributed by atoms with Gasteiger partial charge in [0.2, 0.25) is 5.95 Å². The molecule has 0 bridgehead atoms. The molecule has 9 heteroatoms. The maximum absolute atomic E-state index is 13.5. The highest BCUT2D eigenvalue weighted by Crippen LogP contribution is 2.30. The second kappa shape index (κ2) is 6.87. The number of para-hydroxylation sites is 1. The van der Waals surface area contributed by atoms with Gasteiger partial charge in [-0.1, -0.05) is 6.07 Å². The Labute approximate surface area is 145 Å². The van der Waals surface area contributed by atoms with Crippen LogP contribution in [0.4, 0.5) is 46.4 Å². The summed E-state index contributed by atoms with van der Waals surface area (Å²) in [7, 11) is 0. The highest BCUT2D eigenvalue weighted by atomic mass is 19.4. The van der Waals surface area contributed by atoms with Gasteiger partial charge in [0.15, 0.2) is 0 Å². The quantitative estimate of drug-likeness (QED) is 0.470. The number of anilines is 5. The number of halogens is 4. The van der Waals surface area contributed by atoms with E-state index in [9.17, 15) is 17.6 Å². The normalized spacial score (nSPS) is 11.2. The molecule has 2 aromatic carbocycles. The van der Waals surface area contributed by atoms with Crippen LogP contribution in [0.1, 0.15) is 5.56 Å². The lowest BCUT2D eigenvalue weighted by Crippen LogP contribution is -2.05. The van der Waals surface area contributed by atoms with Gasteiger partial charge >= 0.3 is 6.18 Å². The monoisotopic (exact) mass is 362 g/mol. The van der Waals surface area contributed by atoms with Gasteiger partial charge in [0.1, 0.15) is 11.6 Å². The maximum atomic E-state index is 13.5. The minimum absolute atomic E-state index is 0.0663. The zero-order chi connectivity index (χ0) is 18.7. The summed E-state index contributed by atoms with van der Waals surface area (Å²) in [5.41, 5.74) is 5.51. The molecule has 0 saturated heterocycles. The summed E-state index contributed by atoms with van der Waals surface area (Å²) in [5.74, 6) is -0.187. The predicted octanol–water partition coefficient (Wildman–Crippen LogP) is 4.50. The average molecular weight is 362 g/mol. The molecule has 0 atom stereocenters. The Morgan fingerprint density at radius 3 is 2.42 bits per heavy atom. The van der Waals surface area contributed by atoms with Crippen molar-refractivity contribution >= 4 is 28.8 Å². The number of rotatable bonds is 4. The van der Waals surface area contributed by atoms with E-state index in [2.05, 4.69) is 26.8 Å². The molecule has 3 aromatic rings. The van der Waals surface area contributed by atoms with E-state index in [1.807, 2.05) is 0 Å². The van der Waals surface area contributed by atoms with Gasteiger partial charge < -0.3 is 16.4 Å². The Hall–Kier alpha value is -3.36. The highest BCUT2D eigenvalue weighted by molar-refractivity contribution is 5.71. The molecule has 0 fully saturated rings. The molecule has 3 rings (SSSR count). The fraction of sp³-hybridized carbons (Fsp3) is 0.0588. The number of nitrogens with two attached hydrogens (primary N) is 1. The van der Waals surface area contributed by atoms with Crippen molar-refractivity contribution in [3.8, 4) is 0 Å². The lowest BCUT2D eigenvalue weighted by atomic mass is 10.2. The fourth-order valence-corrected chi connectivity index (χ4v) is 2.10. The van der Waals surface area contributed by atoms with Crippen LogP contribution in [0.3, 0.4) is 0 Å². The van der Waals surface area contributed by atoms with Crippen molar-refractivity contribution in [3.05, 3.63) is 66.1 Å². The molecule has 0 amide bonds. The number of hydrogen-bond donors (Lipinski definition) is 3. The molecule has 4 N–H and O–H groups in total. The van der Waals surface area contributed by atoms with Gasteiger partial charge in [0.05, 0.1) is 23.1 Å². The lowest BCUT2D eigenvalue weighted by Gasteiger charge is -2.11. The van der Waals surface area contributed by atoms with Crippen LogP contribution >= 0.6 is 0 Å². The van der Waals surface area contributed by atoms with Gasteiger partial charge in [-0.2, -0.15) is 18.2 Å². The summed E-state index contributed by atoms with van der Waals surface area (Å²) in [6.45, 7) is 0. The Bertz CT molecular complexity index is 910. The van der Waals surface area contributed by atoms with Crippen molar-refractivity contribution in [1.82, 2.24) is 9.97 Å². The molecular weight excluding hydrogens is 350 g/mol. The average Bonchev–Trinajstić information content (AvgIpc) is 2.59. The zero-order valence-electron chi connectivity index (χ0n) is 13.1. The molecule has 1 aromatic heterocycles. The first kappa shape index (κ1) is 17.5. The van der Waals surface area contributed by atoms with Crippen molar-refractivity contribution in [2.75, 3.05) is 16.4 Å². The summed E-state index contributed by atoms with van der Waals surface area (Å²) >= 11 is 0. The molecule has 1 heterocycles. The maximum Gasteiger partial charge on any atom is 0.416 e. The van der Waals surface area contributed by atoms with Crippen molar-refractivity contribution < 1.29 is 17.6 Å². The lowest BCUT2D eigenvalue weighted by molar-refractivity contribution is -0.137. The highest BCUT2D eigenvalue weighted by Gasteiger charge is 2.29. The molecule has 0 saturated carbocycles. The van der Waals surface area contributed by atoms with Crippen molar-refractivity contribution in [1.29, 1.82) is 0 Å². The number of alkyl halides is 3. The third-order valence-corrected chi connectivity index (χ3v) is 3.38. The van der Waals surface area contributed by atoms with E-state index in [1.165, 1.54) is 30.3 Å². The van der Waals surface area contributed by atoms with Crippen LogP contribution in [-0.2, 0) is 6.18 Å². The van der Waals surface area contributed by atoms with E-state index >= 15 is 0 Å². The Kier molecular flexibility index (Phi) is 4.61. The van der Waals surface area contributed by atoms with E-state index in [0.29, 0.717) is 11.4 Å². The molecule has 133 valence electrons. The largest absolute Gasteiger partial charge is 0.416 e. The number of hydrogen-bond acceptors (Lipinski definition) is 5. The third-order valence-electron chi connectivity index (χ3n) is 3.38. The Morgan fingerprint density at radius 1 is 1.00 bits per heavy atom. The van der Waals surface area contributed by atoms with Crippen molar-refractivity contribution in [2.24, 2.45) is 0 Å². The first-order valence-electron chi connectivity index (χ1n) is 7.33. The summed E-state index contributed by atoms with van der Waals surface area (Å²) in [6.07, 6.45) is -1.82. The number of benzene rings is 2. The third kappa shape index (κ3) is 4.00. The van der Waals surface area contributed by atoms with Gasteiger partial charge in [-0.05, 0) is 36.4 Å². The Morgan fingerprint density at radius 2 is 1.73 bits per heavy atom. The number of aromatic nitrogens is 2. The molecule has 0 unspecified atom stereocenters. The second-order valence-corrected chi connectivity index (χ2v) is 5.23. The van der Waals surface area contributed by atoms with Crippen LogP contribution in [0, 0.1) is 12.0 Å². The second-order valence-electron chi connectivity index (χ2n) is 5.23. The summed E-state index contributed by atoms with van der Waals surface area (Å²) in [6, 6.07) is 10.1. The standard InChI is InChI=1S/C17H12F4N5/c18-12-2-1-3-13(15(12)22)25-14-8-9-23-16(26-14)24-11-6-4-10(5-7-11)17(19,20)21/h1-8H,22H2,(H2,23,24,25,26). The molecular formula is C17H12F4N5. The number of nitrogens with one attached hydrogen (secondary N) is 2. The van der Waals surface area contributed by atoms with Gasteiger partial charge in [0, 0.05) is 11.8 Å². The van der Waals surface area contributed by atoms with E-state index in [4.69, 9.17) is 5.73 Å². The molecule has 1 radical (unpaired) electrons. The first-order chi connectivity index (χ1) is 12.3. The molecule has 0 aliphatic carbocycles. The van der Waals surface area contributed by atoms with E-state index in [0.717, 1.165) is 12.1 Å². The zero-order valence-corrected chi connectivity index (χ0v) is 13.1. The minimum Gasteiger partial charge on any atom is -0.395 e. The smallest absolute Gasteiger partial charge is 0.395 e. The topological polar surface area (TPSA) is 75.9 Å². The summed E-state index contributed by atoms with van der Waals surface area (Å²) in [4.78, 5) is 8.01. The van der Waals surface area contributed by atoms with Crippen LogP contribution in [0.25, 0.3) is 0 Å². The van der Waals surface area contributed by atoms with Gasteiger partial charge in [-0.25, -0.2) is 9.37 Å². The molecule has 0 aliphatic heterocycles. The number of nitrogen functional groups attached to an aromatic ring is 1. The van der Waals surface area contributed by atoms with E-state index in [-0.39, 0.29) is 17.5 Å².